The first-order valence-electron chi connectivity index (χ1n) is 6.84. The predicted molar refractivity (Wildman–Crippen MR) is 85.6 cm³/mol. The van der Waals surface area contributed by atoms with E-state index in [0.717, 1.165) is 30.9 Å². The van der Waals surface area contributed by atoms with Crippen molar-refractivity contribution in [2.24, 2.45) is 0 Å². The quantitative estimate of drug-likeness (QED) is 0.798. The van der Waals surface area contributed by atoms with Gasteiger partial charge in [-0.3, -0.25) is 0 Å². The standard InChI is InChI=1S/C15H19Cl2N3/c1-3-4-8-20-9-7-18-15(20)19-11(2)13-6-5-12(16)10-14(13)17/h5-7,9-11H,3-4,8H2,1-2H3,(H,18,19). The Hall–Kier alpha value is -1.19. The van der Waals surface area contributed by atoms with E-state index in [2.05, 4.69) is 28.7 Å². The molecule has 2 rings (SSSR count). The van der Waals surface area contributed by atoms with E-state index < -0.39 is 0 Å². The topological polar surface area (TPSA) is 29.9 Å². The van der Waals surface area contributed by atoms with Gasteiger partial charge in [-0.15, -0.1) is 0 Å². The van der Waals surface area contributed by atoms with E-state index in [4.69, 9.17) is 23.2 Å². The maximum absolute atomic E-state index is 6.24. The third kappa shape index (κ3) is 3.68. The molecule has 0 saturated carbocycles. The Morgan fingerprint density at radius 3 is 2.85 bits per heavy atom. The van der Waals surface area contributed by atoms with Gasteiger partial charge in [0.15, 0.2) is 0 Å². The van der Waals surface area contributed by atoms with E-state index in [0.29, 0.717) is 10.0 Å². The van der Waals surface area contributed by atoms with Crippen LogP contribution in [0.1, 0.15) is 38.3 Å². The molecular weight excluding hydrogens is 293 g/mol. The van der Waals surface area contributed by atoms with Crippen LogP contribution in [0.4, 0.5) is 5.95 Å². The third-order valence-electron chi connectivity index (χ3n) is 3.24. The fourth-order valence-electron chi connectivity index (χ4n) is 2.08. The molecular formula is C15H19Cl2N3. The highest BCUT2D eigenvalue weighted by atomic mass is 35.5. The van der Waals surface area contributed by atoms with Crippen molar-refractivity contribution in [2.45, 2.75) is 39.3 Å². The Morgan fingerprint density at radius 2 is 2.15 bits per heavy atom. The molecule has 0 amide bonds. The van der Waals surface area contributed by atoms with Crippen LogP contribution in [0.15, 0.2) is 30.6 Å². The van der Waals surface area contributed by atoms with Gasteiger partial charge in [0.2, 0.25) is 5.95 Å². The summed E-state index contributed by atoms with van der Waals surface area (Å²) < 4.78 is 2.13. The predicted octanol–water partition coefficient (Wildman–Crippen LogP) is 5.16. The molecule has 0 spiro atoms. The molecule has 1 unspecified atom stereocenters. The third-order valence-corrected chi connectivity index (χ3v) is 3.81. The molecule has 1 N–H and O–H groups in total. The van der Waals surface area contributed by atoms with Gasteiger partial charge < -0.3 is 9.88 Å². The highest BCUT2D eigenvalue weighted by Gasteiger charge is 2.12. The fourth-order valence-corrected chi connectivity index (χ4v) is 2.65. The van der Waals surface area contributed by atoms with Crippen LogP contribution < -0.4 is 5.32 Å². The molecule has 1 heterocycles. The molecule has 0 aliphatic carbocycles. The first-order valence-corrected chi connectivity index (χ1v) is 7.60. The van der Waals surface area contributed by atoms with E-state index in [1.165, 1.54) is 0 Å². The Morgan fingerprint density at radius 1 is 1.35 bits per heavy atom. The monoisotopic (exact) mass is 311 g/mol. The Balaban J connectivity index is 2.11. The lowest BCUT2D eigenvalue weighted by Gasteiger charge is -2.17. The molecule has 108 valence electrons. The molecule has 0 radical (unpaired) electrons. The summed E-state index contributed by atoms with van der Waals surface area (Å²) in [6, 6.07) is 5.63. The second-order valence-corrected chi connectivity index (χ2v) is 5.67. The Labute approximate surface area is 129 Å². The maximum Gasteiger partial charge on any atom is 0.203 e. The van der Waals surface area contributed by atoms with Gasteiger partial charge in [0.25, 0.3) is 0 Å². The van der Waals surface area contributed by atoms with Crippen molar-refractivity contribution < 1.29 is 0 Å². The average Bonchev–Trinajstić information content (AvgIpc) is 2.83. The van der Waals surface area contributed by atoms with Crippen molar-refractivity contribution in [3.63, 3.8) is 0 Å². The summed E-state index contributed by atoms with van der Waals surface area (Å²) in [4.78, 5) is 4.36. The number of anilines is 1. The van der Waals surface area contributed by atoms with E-state index in [9.17, 15) is 0 Å². The van der Waals surface area contributed by atoms with Crippen LogP contribution >= 0.6 is 23.2 Å². The number of hydrogen-bond acceptors (Lipinski definition) is 2. The number of hydrogen-bond donors (Lipinski definition) is 1. The summed E-state index contributed by atoms with van der Waals surface area (Å²) in [5.41, 5.74) is 1.01. The van der Waals surface area contributed by atoms with Crippen molar-refractivity contribution >= 4 is 29.2 Å². The largest absolute Gasteiger partial charge is 0.349 e. The zero-order valence-corrected chi connectivity index (χ0v) is 13.2. The van der Waals surface area contributed by atoms with Gasteiger partial charge in [-0.2, -0.15) is 0 Å². The van der Waals surface area contributed by atoms with Crippen molar-refractivity contribution in [3.05, 3.63) is 46.2 Å². The molecule has 1 aromatic carbocycles. The van der Waals surface area contributed by atoms with Crippen molar-refractivity contribution in [2.75, 3.05) is 5.32 Å². The van der Waals surface area contributed by atoms with Crippen LogP contribution in [0.3, 0.4) is 0 Å². The molecule has 0 aliphatic rings. The highest BCUT2D eigenvalue weighted by molar-refractivity contribution is 6.35. The molecule has 0 aliphatic heterocycles. The van der Waals surface area contributed by atoms with Crippen LogP contribution in [0.5, 0.6) is 0 Å². The summed E-state index contributed by atoms with van der Waals surface area (Å²) in [5.74, 6) is 0.872. The minimum Gasteiger partial charge on any atom is -0.349 e. The van der Waals surface area contributed by atoms with Crippen LogP contribution in [0.25, 0.3) is 0 Å². The minimum absolute atomic E-state index is 0.0718. The number of aromatic nitrogens is 2. The number of nitrogens with zero attached hydrogens (tertiary/aromatic N) is 2. The lowest BCUT2D eigenvalue weighted by Crippen LogP contribution is -2.12. The van der Waals surface area contributed by atoms with Crippen LogP contribution in [-0.2, 0) is 6.54 Å². The van der Waals surface area contributed by atoms with Crippen LogP contribution in [0, 0.1) is 0 Å². The van der Waals surface area contributed by atoms with E-state index in [1.807, 2.05) is 24.5 Å². The van der Waals surface area contributed by atoms with Gasteiger partial charge in [-0.1, -0.05) is 42.6 Å². The summed E-state index contributed by atoms with van der Waals surface area (Å²) in [6.45, 7) is 5.22. The SMILES string of the molecule is CCCCn1ccnc1NC(C)c1ccc(Cl)cc1Cl. The first kappa shape index (κ1) is 15.2. The zero-order chi connectivity index (χ0) is 14.5. The molecule has 1 atom stereocenters. The second kappa shape index (κ2) is 7.00. The number of aryl methyl sites for hydroxylation is 1. The Kier molecular flexibility index (Phi) is 5.32. The van der Waals surface area contributed by atoms with E-state index in [1.54, 1.807) is 6.07 Å². The normalized spacial score (nSPS) is 12.4. The summed E-state index contributed by atoms with van der Waals surface area (Å²) in [5, 5.41) is 4.72. The summed E-state index contributed by atoms with van der Waals surface area (Å²) in [6.07, 6.45) is 6.11. The van der Waals surface area contributed by atoms with Gasteiger partial charge in [0.05, 0.1) is 6.04 Å². The molecule has 1 aromatic heterocycles. The zero-order valence-electron chi connectivity index (χ0n) is 11.7. The minimum atomic E-state index is 0.0718. The van der Waals surface area contributed by atoms with Crippen molar-refractivity contribution in [1.82, 2.24) is 9.55 Å². The number of imidazole rings is 1. The highest BCUT2D eigenvalue weighted by Crippen LogP contribution is 2.28. The lowest BCUT2D eigenvalue weighted by atomic mass is 10.1. The fraction of sp³-hybridized carbons (Fsp3) is 0.400. The maximum atomic E-state index is 6.24. The molecule has 0 saturated heterocycles. The van der Waals surface area contributed by atoms with Crippen LogP contribution in [0.2, 0.25) is 10.0 Å². The Bertz CT molecular complexity index is 566. The van der Waals surface area contributed by atoms with Gasteiger partial charge in [0, 0.05) is 29.0 Å². The van der Waals surface area contributed by atoms with Crippen molar-refractivity contribution in [1.29, 1.82) is 0 Å². The molecule has 0 fully saturated rings. The van der Waals surface area contributed by atoms with E-state index >= 15 is 0 Å². The number of nitrogens with one attached hydrogen (secondary N) is 1. The smallest absolute Gasteiger partial charge is 0.203 e. The summed E-state index contributed by atoms with van der Waals surface area (Å²) in [7, 11) is 0. The summed E-state index contributed by atoms with van der Waals surface area (Å²) >= 11 is 12.2. The molecule has 5 heteroatoms. The number of halogens is 2. The number of rotatable bonds is 6. The van der Waals surface area contributed by atoms with Gasteiger partial charge in [-0.25, -0.2) is 4.98 Å². The van der Waals surface area contributed by atoms with Gasteiger partial charge in [0.1, 0.15) is 0 Å². The molecule has 3 nitrogen and oxygen atoms in total. The van der Waals surface area contributed by atoms with E-state index in [-0.39, 0.29) is 6.04 Å². The molecule has 2 aromatic rings. The van der Waals surface area contributed by atoms with Crippen molar-refractivity contribution in [3.8, 4) is 0 Å². The molecule has 0 bridgehead atoms. The van der Waals surface area contributed by atoms with Gasteiger partial charge >= 0.3 is 0 Å². The average molecular weight is 312 g/mol. The van der Waals surface area contributed by atoms with Crippen LogP contribution in [-0.4, -0.2) is 9.55 Å². The van der Waals surface area contributed by atoms with Gasteiger partial charge in [-0.05, 0) is 31.0 Å². The number of benzene rings is 1. The lowest BCUT2D eigenvalue weighted by molar-refractivity contribution is 0.631. The first-order chi connectivity index (χ1) is 9.61. The molecule has 20 heavy (non-hydrogen) atoms. The second-order valence-electron chi connectivity index (χ2n) is 4.83. The number of unbranched alkanes of at least 4 members (excludes halogenated alkanes) is 1.